The minimum absolute atomic E-state index is 0.149. The molecule has 2 heterocycles. The second-order valence-corrected chi connectivity index (χ2v) is 8.17. The maximum atomic E-state index is 13.4. The Labute approximate surface area is 209 Å². The van der Waals surface area contributed by atoms with Crippen molar-refractivity contribution < 1.29 is 33.3 Å². The van der Waals surface area contributed by atoms with Crippen LogP contribution in [0.25, 0.3) is 21.9 Å². The van der Waals surface area contributed by atoms with Gasteiger partial charge in [-0.1, -0.05) is 24.3 Å². The highest BCUT2D eigenvalue weighted by Crippen LogP contribution is 2.48. The number of fused-ring (bicyclic) bond motifs is 2. The third-order valence-corrected chi connectivity index (χ3v) is 6.26. The topological polar surface area (TPSA) is 129 Å². The Balaban J connectivity index is 1.98. The van der Waals surface area contributed by atoms with Crippen molar-refractivity contribution in [2.45, 2.75) is 5.92 Å². The maximum absolute atomic E-state index is 13.4. The summed E-state index contributed by atoms with van der Waals surface area (Å²) in [5.74, 6) is -1.56. The van der Waals surface area contributed by atoms with E-state index in [0.717, 1.165) is 0 Å². The van der Waals surface area contributed by atoms with Crippen LogP contribution in [0, 0.1) is 0 Å². The molecule has 0 aliphatic heterocycles. The Kier molecular flexibility index (Phi) is 5.96. The molecule has 2 N–H and O–H groups in total. The molecule has 2 aromatic heterocycles. The zero-order valence-electron chi connectivity index (χ0n) is 20.1. The summed E-state index contributed by atoms with van der Waals surface area (Å²) < 4.78 is 27.6. The van der Waals surface area contributed by atoms with Crippen LogP contribution in [0.5, 0.6) is 28.7 Å². The highest BCUT2D eigenvalue weighted by molar-refractivity contribution is 5.87. The molecule has 0 aliphatic carbocycles. The second kappa shape index (κ2) is 9.27. The molecule has 0 amide bonds. The number of hydrogen-bond acceptors (Lipinski definition) is 9. The fourth-order valence-electron chi connectivity index (χ4n) is 4.56. The predicted molar refractivity (Wildman–Crippen MR) is 135 cm³/mol. The Morgan fingerprint density at radius 3 is 1.49 bits per heavy atom. The van der Waals surface area contributed by atoms with Crippen molar-refractivity contribution in [3.63, 3.8) is 0 Å². The van der Waals surface area contributed by atoms with Gasteiger partial charge < -0.3 is 33.3 Å². The lowest BCUT2D eigenvalue weighted by atomic mass is 9.83. The molecule has 5 rings (SSSR count). The average Bonchev–Trinajstić information content (AvgIpc) is 2.91. The summed E-state index contributed by atoms with van der Waals surface area (Å²) in [4.78, 5) is 26.8. The van der Waals surface area contributed by atoms with E-state index < -0.39 is 28.7 Å². The van der Waals surface area contributed by atoms with Crippen molar-refractivity contribution in [3.8, 4) is 28.7 Å². The van der Waals surface area contributed by atoms with Gasteiger partial charge in [-0.3, -0.25) is 0 Å². The minimum Gasteiger partial charge on any atom is -0.507 e. The number of benzene rings is 3. The number of methoxy groups -OCH3 is 3. The molecule has 0 radical (unpaired) electrons. The van der Waals surface area contributed by atoms with Crippen molar-refractivity contribution in [2.24, 2.45) is 0 Å². The smallest absolute Gasteiger partial charge is 0.344 e. The molecule has 0 saturated heterocycles. The van der Waals surface area contributed by atoms with Gasteiger partial charge in [0, 0.05) is 17.7 Å². The number of ether oxygens (including phenoxy) is 3. The summed E-state index contributed by atoms with van der Waals surface area (Å²) in [5, 5.41) is 23.2. The van der Waals surface area contributed by atoms with Crippen molar-refractivity contribution in [3.05, 3.63) is 98.2 Å². The Morgan fingerprint density at radius 1 is 0.649 bits per heavy atom. The van der Waals surface area contributed by atoms with E-state index in [4.69, 9.17) is 23.0 Å². The largest absolute Gasteiger partial charge is 0.507 e. The minimum atomic E-state index is -1.42. The van der Waals surface area contributed by atoms with E-state index >= 15 is 0 Å². The Bertz CT molecular complexity index is 1640. The normalized spacial score (nSPS) is 11.2. The van der Waals surface area contributed by atoms with Crippen LogP contribution in [-0.4, -0.2) is 31.5 Å². The Morgan fingerprint density at radius 2 is 1.08 bits per heavy atom. The van der Waals surface area contributed by atoms with Gasteiger partial charge in [-0.05, 0) is 24.3 Å². The zero-order valence-corrected chi connectivity index (χ0v) is 20.1. The number of para-hydroxylation sites is 2. The quantitative estimate of drug-likeness (QED) is 0.322. The Hall–Kier alpha value is -4.92. The lowest BCUT2D eigenvalue weighted by Gasteiger charge is -2.24. The van der Waals surface area contributed by atoms with Gasteiger partial charge in [0.2, 0.25) is 0 Å². The van der Waals surface area contributed by atoms with Gasteiger partial charge in [0.25, 0.3) is 0 Å². The van der Waals surface area contributed by atoms with Crippen molar-refractivity contribution in [2.75, 3.05) is 21.3 Å². The third-order valence-electron chi connectivity index (χ3n) is 6.26. The molecule has 0 unspecified atom stereocenters. The van der Waals surface area contributed by atoms with Gasteiger partial charge >= 0.3 is 11.3 Å². The molecule has 3 aromatic carbocycles. The molecular formula is C28H22O9. The molecule has 5 aromatic rings. The first-order valence-corrected chi connectivity index (χ1v) is 11.2. The number of aromatic hydroxyl groups is 2. The fraction of sp³-hybridized carbons (Fsp3) is 0.143. The van der Waals surface area contributed by atoms with Crippen molar-refractivity contribution >= 4 is 21.9 Å². The first-order chi connectivity index (χ1) is 17.9. The van der Waals surface area contributed by atoms with Crippen LogP contribution >= 0.6 is 0 Å². The van der Waals surface area contributed by atoms with Crippen LogP contribution in [0.1, 0.15) is 22.6 Å². The van der Waals surface area contributed by atoms with Crippen molar-refractivity contribution in [1.29, 1.82) is 0 Å². The summed E-state index contributed by atoms with van der Waals surface area (Å²) >= 11 is 0. The van der Waals surface area contributed by atoms with Crippen LogP contribution in [0.2, 0.25) is 0 Å². The molecule has 0 bridgehead atoms. The summed E-state index contributed by atoms with van der Waals surface area (Å²) in [6.45, 7) is 0. The lowest BCUT2D eigenvalue weighted by molar-refractivity contribution is 0.365. The molecule has 0 fully saturated rings. The SMILES string of the molecule is COc1cc(OC)c(C(c2c(O)c3ccccc3oc2=O)c2c(O)c3ccccc3oc2=O)c(OC)c1. The van der Waals surface area contributed by atoms with Gasteiger partial charge in [-0.25, -0.2) is 9.59 Å². The fourth-order valence-corrected chi connectivity index (χ4v) is 4.56. The standard InChI is InChI=1S/C28H22O9/c1-33-14-12-19(34-2)21(20(13-14)35-3)22(23-25(29)15-8-4-6-10-17(15)36-27(23)31)24-26(30)16-9-5-7-11-18(16)37-28(24)32/h4-13,22,29-30H,1-3H3. The summed E-state index contributed by atoms with van der Waals surface area (Å²) in [7, 11) is 4.24. The summed E-state index contributed by atoms with van der Waals surface area (Å²) in [5.41, 5.74) is -1.99. The first kappa shape index (κ1) is 23.8. The summed E-state index contributed by atoms with van der Waals surface area (Å²) in [6.07, 6.45) is 0. The molecule has 0 saturated carbocycles. The molecular weight excluding hydrogens is 480 g/mol. The third kappa shape index (κ3) is 3.81. The number of hydrogen-bond donors (Lipinski definition) is 2. The van der Waals surface area contributed by atoms with Crippen LogP contribution in [0.15, 0.2) is 79.1 Å². The second-order valence-electron chi connectivity index (χ2n) is 8.17. The average molecular weight is 502 g/mol. The molecule has 188 valence electrons. The van der Waals surface area contributed by atoms with E-state index in [1.807, 2.05) is 0 Å². The van der Waals surface area contributed by atoms with Crippen LogP contribution in [0.3, 0.4) is 0 Å². The van der Waals surface area contributed by atoms with Gasteiger partial charge in [0.05, 0.1) is 49.1 Å². The van der Waals surface area contributed by atoms with Crippen LogP contribution in [-0.2, 0) is 0 Å². The monoisotopic (exact) mass is 502 g/mol. The highest BCUT2D eigenvalue weighted by Gasteiger charge is 2.36. The zero-order chi connectivity index (χ0) is 26.3. The predicted octanol–water partition coefficient (Wildman–Crippen LogP) is 4.52. The first-order valence-electron chi connectivity index (χ1n) is 11.2. The summed E-state index contributed by atoms with van der Waals surface area (Å²) in [6, 6.07) is 15.9. The van der Waals surface area contributed by atoms with Crippen LogP contribution in [0.4, 0.5) is 0 Å². The van der Waals surface area contributed by atoms with Gasteiger partial charge in [0.15, 0.2) is 0 Å². The van der Waals surface area contributed by atoms with E-state index in [-0.39, 0.29) is 50.1 Å². The van der Waals surface area contributed by atoms with Gasteiger partial charge in [-0.15, -0.1) is 0 Å². The lowest BCUT2D eigenvalue weighted by Crippen LogP contribution is -2.22. The molecule has 0 atom stereocenters. The highest BCUT2D eigenvalue weighted by atomic mass is 16.5. The molecule has 9 nitrogen and oxygen atoms in total. The van der Waals surface area contributed by atoms with E-state index in [0.29, 0.717) is 5.75 Å². The molecule has 9 heteroatoms. The molecule has 37 heavy (non-hydrogen) atoms. The molecule has 0 spiro atoms. The van der Waals surface area contributed by atoms with E-state index in [1.165, 1.54) is 45.6 Å². The van der Waals surface area contributed by atoms with E-state index in [1.54, 1.807) is 36.4 Å². The van der Waals surface area contributed by atoms with E-state index in [2.05, 4.69) is 0 Å². The van der Waals surface area contributed by atoms with Gasteiger partial charge in [-0.2, -0.15) is 0 Å². The maximum Gasteiger partial charge on any atom is 0.344 e. The number of rotatable bonds is 6. The van der Waals surface area contributed by atoms with Crippen molar-refractivity contribution in [1.82, 2.24) is 0 Å². The molecule has 0 aliphatic rings. The van der Waals surface area contributed by atoms with E-state index in [9.17, 15) is 19.8 Å². The van der Waals surface area contributed by atoms with Gasteiger partial charge in [0.1, 0.15) is 39.9 Å². The van der Waals surface area contributed by atoms with Crippen LogP contribution < -0.4 is 25.5 Å².